The number of amides is 1. The lowest BCUT2D eigenvalue weighted by atomic mass is 9.84. The number of carbonyl (C=O) groups is 1. The van der Waals surface area contributed by atoms with Gasteiger partial charge in [-0.15, -0.1) is 0 Å². The Morgan fingerprint density at radius 1 is 1.32 bits per heavy atom. The van der Waals surface area contributed by atoms with Crippen LogP contribution >= 0.6 is 0 Å². The van der Waals surface area contributed by atoms with E-state index in [0.717, 1.165) is 54.4 Å². The number of nitrogens with one attached hydrogen (secondary N) is 1. The number of hydrogen-bond donors (Lipinski definition) is 1. The van der Waals surface area contributed by atoms with Crippen LogP contribution in [0.2, 0.25) is 0 Å². The molecular weight excluding hydrogens is 241 g/mol. The maximum Gasteiger partial charge on any atom is 0.247 e. The standard InChI is InChI=1S/C16H18FNO/c1-10(16(19)18-11-8-9-11)12-4-2-6-14-13(12)5-3-7-15(14)17/h3,5,7,11H,2,4,6,8-9H2,1H3,(H,18,19)/b12-10+. The molecule has 0 saturated heterocycles. The molecule has 0 aliphatic heterocycles. The molecule has 2 aliphatic carbocycles. The largest absolute Gasteiger partial charge is 0.350 e. The molecule has 0 unspecified atom stereocenters. The van der Waals surface area contributed by atoms with Gasteiger partial charge in [0.25, 0.3) is 0 Å². The first kappa shape index (κ1) is 12.4. The average Bonchev–Trinajstić information content (AvgIpc) is 3.22. The van der Waals surface area contributed by atoms with Gasteiger partial charge >= 0.3 is 0 Å². The molecule has 0 radical (unpaired) electrons. The minimum absolute atomic E-state index is 0.00890. The molecule has 2 nitrogen and oxygen atoms in total. The predicted octanol–water partition coefficient (Wildman–Crippen LogP) is 3.21. The minimum Gasteiger partial charge on any atom is -0.350 e. The molecule has 100 valence electrons. The van der Waals surface area contributed by atoms with Crippen LogP contribution in [0.4, 0.5) is 4.39 Å². The molecule has 0 bridgehead atoms. The first-order valence-corrected chi connectivity index (χ1v) is 6.95. The second-order valence-corrected chi connectivity index (χ2v) is 5.47. The highest BCUT2D eigenvalue weighted by Crippen LogP contribution is 2.34. The molecule has 3 rings (SSSR count). The quantitative estimate of drug-likeness (QED) is 0.812. The molecule has 0 heterocycles. The summed E-state index contributed by atoms with van der Waals surface area (Å²) in [7, 11) is 0. The van der Waals surface area contributed by atoms with Crippen molar-refractivity contribution in [1.82, 2.24) is 5.32 Å². The van der Waals surface area contributed by atoms with Crippen molar-refractivity contribution in [2.45, 2.75) is 45.1 Å². The zero-order chi connectivity index (χ0) is 13.4. The van der Waals surface area contributed by atoms with E-state index in [-0.39, 0.29) is 11.7 Å². The van der Waals surface area contributed by atoms with Crippen molar-refractivity contribution in [3.05, 3.63) is 40.7 Å². The maximum atomic E-state index is 13.8. The Hall–Kier alpha value is -1.64. The average molecular weight is 259 g/mol. The van der Waals surface area contributed by atoms with E-state index in [1.54, 1.807) is 6.07 Å². The van der Waals surface area contributed by atoms with E-state index in [1.807, 2.05) is 13.0 Å². The number of halogens is 1. The molecule has 1 fully saturated rings. The molecule has 0 atom stereocenters. The lowest BCUT2D eigenvalue weighted by Gasteiger charge is -2.21. The monoisotopic (exact) mass is 259 g/mol. The van der Waals surface area contributed by atoms with E-state index >= 15 is 0 Å². The molecule has 1 aromatic carbocycles. The number of allylic oxidation sites excluding steroid dienone is 1. The highest BCUT2D eigenvalue weighted by molar-refractivity contribution is 6.01. The van der Waals surface area contributed by atoms with Crippen LogP contribution in [0.15, 0.2) is 23.8 Å². The van der Waals surface area contributed by atoms with Crippen molar-refractivity contribution < 1.29 is 9.18 Å². The lowest BCUT2D eigenvalue weighted by Crippen LogP contribution is -2.27. The van der Waals surface area contributed by atoms with E-state index in [9.17, 15) is 9.18 Å². The molecule has 1 N–H and O–H groups in total. The highest BCUT2D eigenvalue weighted by atomic mass is 19.1. The maximum absolute atomic E-state index is 13.8. The van der Waals surface area contributed by atoms with Gasteiger partial charge in [0.1, 0.15) is 5.82 Å². The molecule has 1 aromatic rings. The van der Waals surface area contributed by atoms with Crippen LogP contribution in [0, 0.1) is 5.82 Å². The molecule has 2 aliphatic rings. The summed E-state index contributed by atoms with van der Waals surface area (Å²) in [5.41, 5.74) is 3.45. The van der Waals surface area contributed by atoms with E-state index in [4.69, 9.17) is 0 Å². The summed E-state index contributed by atoms with van der Waals surface area (Å²) in [5, 5.41) is 3.01. The van der Waals surface area contributed by atoms with Gasteiger partial charge in [-0.05, 0) is 61.8 Å². The molecule has 0 aromatic heterocycles. The van der Waals surface area contributed by atoms with Crippen LogP contribution in [0.25, 0.3) is 5.57 Å². The third-order valence-electron chi connectivity index (χ3n) is 4.00. The van der Waals surface area contributed by atoms with Gasteiger partial charge in [0.15, 0.2) is 0 Å². The van der Waals surface area contributed by atoms with E-state index in [2.05, 4.69) is 5.32 Å². The second-order valence-electron chi connectivity index (χ2n) is 5.47. The van der Waals surface area contributed by atoms with Gasteiger partial charge in [-0.1, -0.05) is 12.1 Å². The predicted molar refractivity (Wildman–Crippen MR) is 73.1 cm³/mol. The SMILES string of the molecule is C/C(C(=O)NC1CC1)=C1/CCCc2c(F)cccc21. The molecule has 19 heavy (non-hydrogen) atoms. The highest BCUT2D eigenvalue weighted by Gasteiger charge is 2.26. The van der Waals surface area contributed by atoms with E-state index in [1.165, 1.54) is 6.07 Å². The Balaban J connectivity index is 1.97. The second kappa shape index (κ2) is 4.80. The molecular formula is C16H18FNO. The summed E-state index contributed by atoms with van der Waals surface area (Å²) >= 11 is 0. The first-order chi connectivity index (χ1) is 9.16. The van der Waals surface area contributed by atoms with Crippen LogP contribution in [-0.4, -0.2) is 11.9 Å². The normalized spacial score (nSPS) is 20.7. The molecule has 1 amide bonds. The first-order valence-electron chi connectivity index (χ1n) is 6.95. The van der Waals surface area contributed by atoms with Crippen LogP contribution in [-0.2, 0) is 11.2 Å². The summed E-state index contributed by atoms with van der Waals surface area (Å²) in [6.45, 7) is 1.85. The summed E-state index contributed by atoms with van der Waals surface area (Å²) in [6, 6.07) is 5.52. The molecule has 0 spiro atoms. The zero-order valence-electron chi connectivity index (χ0n) is 11.1. The van der Waals surface area contributed by atoms with Crippen LogP contribution in [0.5, 0.6) is 0 Å². The Morgan fingerprint density at radius 3 is 2.84 bits per heavy atom. The Kier molecular flexibility index (Phi) is 3.13. The van der Waals surface area contributed by atoms with Crippen LogP contribution in [0.3, 0.4) is 0 Å². The van der Waals surface area contributed by atoms with Gasteiger partial charge in [-0.25, -0.2) is 4.39 Å². The Labute approximate surface area is 112 Å². The smallest absolute Gasteiger partial charge is 0.247 e. The fraction of sp³-hybridized carbons (Fsp3) is 0.438. The number of carbonyl (C=O) groups excluding carboxylic acids is 1. The fourth-order valence-corrected chi connectivity index (χ4v) is 2.72. The Morgan fingerprint density at radius 2 is 2.11 bits per heavy atom. The van der Waals surface area contributed by atoms with Gasteiger partial charge in [0, 0.05) is 11.6 Å². The van der Waals surface area contributed by atoms with Crippen LogP contribution in [0.1, 0.15) is 43.7 Å². The van der Waals surface area contributed by atoms with E-state index in [0.29, 0.717) is 6.04 Å². The number of rotatable bonds is 2. The van der Waals surface area contributed by atoms with Crippen molar-refractivity contribution in [3.63, 3.8) is 0 Å². The van der Waals surface area contributed by atoms with Gasteiger partial charge in [-0.3, -0.25) is 4.79 Å². The van der Waals surface area contributed by atoms with Gasteiger partial charge in [0.05, 0.1) is 0 Å². The van der Waals surface area contributed by atoms with Gasteiger partial charge < -0.3 is 5.32 Å². The molecule has 1 saturated carbocycles. The summed E-state index contributed by atoms with van der Waals surface area (Å²) in [5.74, 6) is -0.139. The zero-order valence-corrected chi connectivity index (χ0v) is 11.1. The van der Waals surface area contributed by atoms with Crippen molar-refractivity contribution in [3.8, 4) is 0 Å². The van der Waals surface area contributed by atoms with Crippen LogP contribution < -0.4 is 5.32 Å². The number of fused-ring (bicyclic) bond motifs is 1. The van der Waals surface area contributed by atoms with Gasteiger partial charge in [0.2, 0.25) is 5.91 Å². The third-order valence-corrected chi connectivity index (χ3v) is 4.00. The van der Waals surface area contributed by atoms with Crippen molar-refractivity contribution >= 4 is 11.5 Å². The van der Waals surface area contributed by atoms with Crippen molar-refractivity contribution in [1.29, 1.82) is 0 Å². The molecule has 3 heteroatoms. The minimum atomic E-state index is -0.148. The number of hydrogen-bond acceptors (Lipinski definition) is 1. The summed E-state index contributed by atoms with van der Waals surface area (Å²) < 4.78 is 13.8. The Bertz CT molecular complexity index is 558. The topological polar surface area (TPSA) is 29.1 Å². The van der Waals surface area contributed by atoms with E-state index < -0.39 is 0 Å². The summed E-state index contributed by atoms with van der Waals surface area (Å²) in [6.07, 6.45) is 4.71. The fourth-order valence-electron chi connectivity index (χ4n) is 2.72. The summed E-state index contributed by atoms with van der Waals surface area (Å²) in [4.78, 5) is 12.1. The lowest BCUT2D eigenvalue weighted by molar-refractivity contribution is -0.117. The van der Waals surface area contributed by atoms with Crippen molar-refractivity contribution in [2.75, 3.05) is 0 Å². The van der Waals surface area contributed by atoms with Gasteiger partial charge in [-0.2, -0.15) is 0 Å². The third kappa shape index (κ3) is 2.42. The van der Waals surface area contributed by atoms with Crippen molar-refractivity contribution in [2.24, 2.45) is 0 Å². The number of benzene rings is 1.